The second-order valence-electron chi connectivity index (χ2n) is 5.21. The molecule has 3 aromatic rings. The number of rotatable bonds is 5. The number of alkyl halides is 3. The van der Waals surface area contributed by atoms with Crippen LogP contribution in [0.5, 0.6) is 17.4 Å². The Hall–Kier alpha value is -3.62. The van der Waals surface area contributed by atoms with E-state index < -0.39 is 12.1 Å². The lowest BCUT2D eigenvalue weighted by Crippen LogP contribution is -2.17. The molecule has 1 N–H and O–H groups in total. The van der Waals surface area contributed by atoms with Crippen molar-refractivity contribution in [2.24, 2.45) is 0 Å². The van der Waals surface area contributed by atoms with Crippen LogP contribution in [-0.4, -0.2) is 22.2 Å². The van der Waals surface area contributed by atoms with Gasteiger partial charge in [-0.3, -0.25) is 9.78 Å². The van der Waals surface area contributed by atoms with Gasteiger partial charge in [0.25, 0.3) is 5.91 Å². The van der Waals surface area contributed by atoms with Gasteiger partial charge in [-0.1, -0.05) is 6.07 Å². The third-order valence-corrected chi connectivity index (χ3v) is 3.18. The summed E-state index contributed by atoms with van der Waals surface area (Å²) in [4.78, 5) is 20.0. The van der Waals surface area contributed by atoms with Crippen LogP contribution >= 0.6 is 0 Å². The zero-order valence-corrected chi connectivity index (χ0v) is 13.6. The molecule has 0 saturated carbocycles. The fraction of sp³-hybridized carbons (Fsp3) is 0.0556. The molecule has 1 aromatic carbocycles. The summed E-state index contributed by atoms with van der Waals surface area (Å²) in [6.07, 6.45) is -0.422. The number of nitrogens with one attached hydrogen (secondary N) is 1. The van der Waals surface area contributed by atoms with Gasteiger partial charge in [0.2, 0.25) is 5.88 Å². The predicted octanol–water partition coefficient (Wildman–Crippen LogP) is 4.42. The van der Waals surface area contributed by atoms with Gasteiger partial charge in [-0.15, -0.1) is 13.2 Å². The van der Waals surface area contributed by atoms with Crippen molar-refractivity contribution in [1.29, 1.82) is 0 Å². The Morgan fingerprint density at radius 2 is 1.81 bits per heavy atom. The highest BCUT2D eigenvalue weighted by Crippen LogP contribution is 2.28. The maximum absolute atomic E-state index is 12.3. The SMILES string of the molecule is O=C(Nc1cccnc1)c1ccc(Oc2cccc(OC(F)(F)F)c2)nc1. The van der Waals surface area contributed by atoms with E-state index in [0.29, 0.717) is 5.69 Å². The van der Waals surface area contributed by atoms with Gasteiger partial charge in [0, 0.05) is 24.5 Å². The van der Waals surface area contributed by atoms with Gasteiger partial charge in [0.05, 0.1) is 17.4 Å². The van der Waals surface area contributed by atoms with Gasteiger partial charge in [-0.05, 0) is 30.3 Å². The summed E-state index contributed by atoms with van der Waals surface area (Å²) < 4.78 is 46.0. The van der Waals surface area contributed by atoms with E-state index in [-0.39, 0.29) is 23.1 Å². The van der Waals surface area contributed by atoms with Crippen molar-refractivity contribution < 1.29 is 27.4 Å². The minimum absolute atomic E-state index is 0.108. The number of carbonyl (C=O) groups is 1. The monoisotopic (exact) mass is 375 g/mol. The second kappa shape index (κ2) is 7.73. The maximum atomic E-state index is 12.3. The predicted molar refractivity (Wildman–Crippen MR) is 89.6 cm³/mol. The average Bonchev–Trinajstić information content (AvgIpc) is 2.62. The van der Waals surface area contributed by atoms with E-state index in [9.17, 15) is 18.0 Å². The third-order valence-electron chi connectivity index (χ3n) is 3.18. The van der Waals surface area contributed by atoms with E-state index >= 15 is 0 Å². The number of aromatic nitrogens is 2. The zero-order valence-electron chi connectivity index (χ0n) is 13.6. The molecule has 0 aliphatic heterocycles. The molecule has 0 spiro atoms. The molecule has 27 heavy (non-hydrogen) atoms. The van der Waals surface area contributed by atoms with E-state index in [4.69, 9.17) is 4.74 Å². The van der Waals surface area contributed by atoms with Gasteiger partial charge >= 0.3 is 6.36 Å². The average molecular weight is 375 g/mol. The molecule has 6 nitrogen and oxygen atoms in total. The number of benzene rings is 1. The Bertz CT molecular complexity index is 916. The van der Waals surface area contributed by atoms with Crippen molar-refractivity contribution in [2.45, 2.75) is 6.36 Å². The molecule has 0 aliphatic rings. The molecule has 0 atom stereocenters. The van der Waals surface area contributed by atoms with Crippen molar-refractivity contribution in [3.8, 4) is 17.4 Å². The van der Waals surface area contributed by atoms with Crippen LogP contribution in [0, 0.1) is 0 Å². The Kier molecular flexibility index (Phi) is 5.20. The highest BCUT2D eigenvalue weighted by atomic mass is 19.4. The largest absolute Gasteiger partial charge is 0.573 e. The summed E-state index contributed by atoms with van der Waals surface area (Å²) in [5.74, 6) is -0.580. The van der Waals surface area contributed by atoms with Crippen molar-refractivity contribution in [2.75, 3.05) is 5.32 Å². The topological polar surface area (TPSA) is 73.3 Å². The van der Waals surface area contributed by atoms with Crippen LogP contribution in [0.1, 0.15) is 10.4 Å². The molecular formula is C18H12F3N3O3. The summed E-state index contributed by atoms with van der Waals surface area (Å²) >= 11 is 0. The van der Waals surface area contributed by atoms with Crippen molar-refractivity contribution in [3.05, 3.63) is 72.7 Å². The minimum Gasteiger partial charge on any atom is -0.439 e. The summed E-state index contributed by atoms with van der Waals surface area (Å²) in [5, 5.41) is 2.65. The second-order valence-corrected chi connectivity index (χ2v) is 5.21. The van der Waals surface area contributed by atoms with Crippen LogP contribution in [0.2, 0.25) is 0 Å². The lowest BCUT2D eigenvalue weighted by atomic mass is 10.2. The van der Waals surface area contributed by atoms with Crippen molar-refractivity contribution in [1.82, 2.24) is 9.97 Å². The highest BCUT2D eigenvalue weighted by Gasteiger charge is 2.31. The number of amides is 1. The van der Waals surface area contributed by atoms with E-state index in [2.05, 4.69) is 20.0 Å². The van der Waals surface area contributed by atoms with Crippen LogP contribution in [0.25, 0.3) is 0 Å². The fourth-order valence-corrected chi connectivity index (χ4v) is 2.07. The lowest BCUT2D eigenvalue weighted by molar-refractivity contribution is -0.274. The molecule has 0 unspecified atom stereocenters. The van der Waals surface area contributed by atoms with E-state index in [1.54, 1.807) is 18.3 Å². The summed E-state index contributed by atoms with van der Waals surface area (Å²) in [7, 11) is 0. The molecule has 138 valence electrons. The first kappa shape index (κ1) is 18.2. The Morgan fingerprint density at radius 1 is 1.00 bits per heavy atom. The Balaban J connectivity index is 1.65. The molecule has 3 rings (SSSR count). The van der Waals surface area contributed by atoms with Gasteiger partial charge < -0.3 is 14.8 Å². The van der Waals surface area contributed by atoms with Crippen LogP contribution in [0.3, 0.4) is 0 Å². The summed E-state index contributed by atoms with van der Waals surface area (Å²) in [6, 6.07) is 11.3. The number of hydrogen-bond donors (Lipinski definition) is 1. The Morgan fingerprint density at radius 3 is 2.48 bits per heavy atom. The number of carbonyl (C=O) groups excluding carboxylic acids is 1. The van der Waals surface area contributed by atoms with Crippen LogP contribution < -0.4 is 14.8 Å². The number of nitrogens with zero attached hydrogens (tertiary/aromatic N) is 2. The lowest BCUT2D eigenvalue weighted by Gasteiger charge is -2.10. The number of ether oxygens (including phenoxy) is 2. The first-order valence-corrected chi connectivity index (χ1v) is 7.60. The third kappa shape index (κ3) is 5.43. The summed E-state index contributed by atoms with van der Waals surface area (Å²) in [5.41, 5.74) is 0.810. The van der Waals surface area contributed by atoms with Crippen LogP contribution in [-0.2, 0) is 0 Å². The van der Waals surface area contributed by atoms with Gasteiger partial charge in [-0.25, -0.2) is 4.98 Å². The number of pyridine rings is 2. The van der Waals surface area contributed by atoms with Crippen molar-refractivity contribution >= 4 is 11.6 Å². The molecule has 0 radical (unpaired) electrons. The fourth-order valence-electron chi connectivity index (χ4n) is 2.07. The molecule has 9 heteroatoms. The maximum Gasteiger partial charge on any atom is 0.573 e. The molecule has 0 aliphatic carbocycles. The van der Waals surface area contributed by atoms with Crippen LogP contribution in [0.15, 0.2) is 67.1 Å². The number of halogens is 3. The Labute approximate surface area is 151 Å². The number of hydrogen-bond acceptors (Lipinski definition) is 5. The smallest absolute Gasteiger partial charge is 0.439 e. The molecule has 0 saturated heterocycles. The molecule has 2 heterocycles. The van der Waals surface area contributed by atoms with E-state index in [1.807, 2.05) is 0 Å². The minimum atomic E-state index is -4.79. The van der Waals surface area contributed by atoms with Gasteiger partial charge in [-0.2, -0.15) is 0 Å². The standard InChI is InChI=1S/C18H12F3N3O3/c19-18(20,21)27-15-5-1-4-14(9-15)26-16-7-6-12(10-23-16)17(25)24-13-3-2-8-22-11-13/h1-11H,(H,24,25). The molecule has 0 bridgehead atoms. The molecule has 1 amide bonds. The summed E-state index contributed by atoms with van der Waals surface area (Å²) in [6.45, 7) is 0. The quantitative estimate of drug-likeness (QED) is 0.715. The molecule has 0 fully saturated rings. The molecular weight excluding hydrogens is 363 g/mol. The van der Waals surface area contributed by atoms with Gasteiger partial charge in [0.15, 0.2) is 0 Å². The van der Waals surface area contributed by atoms with Crippen LogP contribution in [0.4, 0.5) is 18.9 Å². The molecule has 2 aromatic heterocycles. The normalized spacial score (nSPS) is 10.9. The first-order valence-electron chi connectivity index (χ1n) is 7.60. The first-order chi connectivity index (χ1) is 12.9. The van der Waals surface area contributed by atoms with E-state index in [1.165, 1.54) is 36.7 Å². The number of anilines is 1. The zero-order chi connectivity index (χ0) is 19.3. The van der Waals surface area contributed by atoms with Crippen molar-refractivity contribution in [3.63, 3.8) is 0 Å². The van der Waals surface area contributed by atoms with Gasteiger partial charge in [0.1, 0.15) is 11.5 Å². The van der Waals surface area contributed by atoms with E-state index in [0.717, 1.165) is 12.1 Å². The highest BCUT2D eigenvalue weighted by molar-refractivity contribution is 6.03.